The zero-order chi connectivity index (χ0) is 35.2. The summed E-state index contributed by atoms with van der Waals surface area (Å²) in [5.74, 6) is -4.66. The van der Waals surface area contributed by atoms with E-state index in [2.05, 4.69) is 6.58 Å². The lowest BCUT2D eigenvalue weighted by Gasteiger charge is -2.61. The quantitative estimate of drug-likeness (QED) is 0.0438. The second kappa shape index (κ2) is 13.0. The average Bonchev–Trinajstić information content (AvgIpc) is 2.93. The van der Waals surface area contributed by atoms with E-state index in [-0.39, 0.29) is 37.2 Å². The van der Waals surface area contributed by atoms with E-state index < -0.39 is 74.0 Å². The summed E-state index contributed by atoms with van der Waals surface area (Å²) in [6.45, 7) is 20.2. The van der Waals surface area contributed by atoms with E-state index >= 15 is 4.79 Å². The number of phenolic OH excluding ortho intramolecular Hbond substituents is 2. The van der Waals surface area contributed by atoms with Crippen LogP contribution in [0.15, 0.2) is 59.2 Å². The highest BCUT2D eigenvalue weighted by molar-refractivity contribution is 6.41. The van der Waals surface area contributed by atoms with Crippen LogP contribution in [-0.2, 0) is 14.4 Å². The third-order valence-corrected chi connectivity index (χ3v) is 10.5. The summed E-state index contributed by atoms with van der Waals surface area (Å²) < 4.78 is 0. The van der Waals surface area contributed by atoms with Crippen molar-refractivity contribution < 1.29 is 39.9 Å². The second-order valence-electron chi connectivity index (χ2n) is 15.2. The number of carbonyl (C=O) groups is 3. The Morgan fingerprint density at radius 3 is 2.09 bits per heavy atom. The molecule has 8 nitrogen and oxygen atoms in total. The number of hydrogen-bond acceptors (Lipinski definition) is 8. The molecule has 0 heterocycles. The van der Waals surface area contributed by atoms with Crippen LogP contribution in [0.4, 0.5) is 0 Å². The second-order valence-corrected chi connectivity index (χ2v) is 15.2. The fraction of sp³-hybridized carbons (Fsp3) is 0.553. The highest BCUT2D eigenvalue weighted by Crippen LogP contribution is 2.66. The Labute approximate surface area is 273 Å². The fourth-order valence-corrected chi connectivity index (χ4v) is 7.26. The van der Waals surface area contributed by atoms with E-state index in [1.165, 1.54) is 19.9 Å². The number of phenols is 2. The van der Waals surface area contributed by atoms with Gasteiger partial charge < -0.3 is 25.5 Å². The van der Waals surface area contributed by atoms with Crippen molar-refractivity contribution in [2.45, 2.75) is 106 Å². The Morgan fingerprint density at radius 2 is 1.59 bits per heavy atom. The molecule has 2 fully saturated rings. The average molecular weight is 637 g/mol. The van der Waals surface area contributed by atoms with E-state index in [1.54, 1.807) is 19.9 Å². The zero-order valence-corrected chi connectivity index (χ0v) is 28.8. The van der Waals surface area contributed by atoms with Gasteiger partial charge in [0.15, 0.2) is 28.8 Å². The smallest absolute Gasteiger partial charge is 0.184 e. The molecule has 0 unspecified atom stereocenters. The normalized spacial score (nSPS) is 26.7. The number of hydrogen-bond donors (Lipinski definition) is 5. The van der Waals surface area contributed by atoms with Crippen LogP contribution in [0.2, 0.25) is 0 Å². The minimum atomic E-state index is -1.81. The van der Waals surface area contributed by atoms with Crippen LogP contribution in [-0.4, -0.2) is 54.6 Å². The van der Waals surface area contributed by atoms with Crippen molar-refractivity contribution in [1.29, 1.82) is 0 Å². The minimum absolute atomic E-state index is 0.00906. The van der Waals surface area contributed by atoms with Gasteiger partial charge >= 0.3 is 0 Å². The molecule has 8 heteroatoms. The number of benzene rings is 1. The molecule has 0 radical (unpaired) electrons. The molecule has 0 spiro atoms. The molecular formula is C38H52O8. The van der Waals surface area contributed by atoms with Crippen molar-refractivity contribution in [2.24, 2.45) is 28.1 Å². The Kier molecular flexibility index (Phi) is 10.4. The topological polar surface area (TPSA) is 152 Å². The standard InChI is InChI=1S/C38H52O8/c1-21(2)11-12-25(23(5)6)19-37-20-26(18-29(41)36(9,10)46)35(7,8)38(34(37)45,16-15-22(3)4)33(44)30(32(37)43)31(42)24-13-14-27(39)28(40)17-24/h11,13-15,17,25-26,29,39-42,46H,5,12,16,18-20H2,1-4,6-10H3/b31-30-/t25-,26-,29-,37+,38+/m1/s1. The van der Waals surface area contributed by atoms with E-state index in [4.69, 9.17) is 0 Å². The molecule has 2 aliphatic rings. The van der Waals surface area contributed by atoms with Gasteiger partial charge in [-0.1, -0.05) is 49.3 Å². The van der Waals surface area contributed by atoms with Crippen LogP contribution in [0, 0.1) is 28.1 Å². The molecule has 0 aliphatic heterocycles. The van der Waals surface area contributed by atoms with Crippen molar-refractivity contribution in [1.82, 2.24) is 0 Å². The number of fused-ring (bicyclic) bond motifs is 2. The van der Waals surface area contributed by atoms with E-state index in [9.17, 15) is 35.1 Å². The van der Waals surface area contributed by atoms with Crippen LogP contribution in [0.5, 0.6) is 11.5 Å². The Bertz CT molecular complexity index is 1510. The first-order valence-corrected chi connectivity index (χ1v) is 16.0. The first-order chi connectivity index (χ1) is 21.0. The minimum Gasteiger partial charge on any atom is -0.506 e. The number of aromatic hydroxyl groups is 2. The van der Waals surface area contributed by atoms with E-state index in [0.717, 1.165) is 28.9 Å². The largest absolute Gasteiger partial charge is 0.506 e. The Balaban J connectivity index is 2.47. The summed E-state index contributed by atoms with van der Waals surface area (Å²) in [5, 5.41) is 53.6. The van der Waals surface area contributed by atoms with Crippen LogP contribution >= 0.6 is 0 Å². The third-order valence-electron chi connectivity index (χ3n) is 10.5. The lowest BCUT2D eigenvalue weighted by Crippen LogP contribution is -2.70. The van der Waals surface area contributed by atoms with Crippen molar-refractivity contribution in [3.8, 4) is 11.5 Å². The van der Waals surface area contributed by atoms with E-state index in [0.29, 0.717) is 6.42 Å². The van der Waals surface area contributed by atoms with E-state index in [1.807, 2.05) is 40.7 Å². The number of Topliss-reactive ketones (excluding diaryl/α,β-unsaturated/α-hetero) is 3. The molecule has 3 rings (SSSR count). The number of carbonyl (C=O) groups excluding carboxylic acids is 3. The van der Waals surface area contributed by atoms with Gasteiger partial charge in [-0.25, -0.2) is 0 Å². The van der Waals surface area contributed by atoms with Crippen molar-refractivity contribution in [3.63, 3.8) is 0 Å². The van der Waals surface area contributed by atoms with Crippen LogP contribution in [0.1, 0.15) is 100.0 Å². The molecule has 5 N–H and O–H groups in total. The molecule has 2 saturated carbocycles. The highest BCUT2D eigenvalue weighted by Gasteiger charge is 2.74. The number of allylic oxidation sites excluding steroid dienone is 6. The predicted octanol–water partition coefficient (Wildman–Crippen LogP) is 6.92. The van der Waals surface area contributed by atoms with Crippen molar-refractivity contribution >= 4 is 23.1 Å². The van der Waals surface area contributed by atoms with Gasteiger partial charge in [0.25, 0.3) is 0 Å². The molecule has 252 valence electrons. The molecule has 0 amide bonds. The molecule has 2 aliphatic carbocycles. The molecule has 0 saturated heterocycles. The highest BCUT2D eigenvalue weighted by atomic mass is 16.3. The third kappa shape index (κ3) is 6.39. The first kappa shape index (κ1) is 37.0. The van der Waals surface area contributed by atoms with Gasteiger partial charge in [-0.3, -0.25) is 14.4 Å². The number of aliphatic hydroxyl groups excluding tert-OH is 2. The summed E-state index contributed by atoms with van der Waals surface area (Å²) in [6, 6.07) is 3.51. The van der Waals surface area contributed by atoms with Crippen LogP contribution < -0.4 is 0 Å². The predicted molar refractivity (Wildman–Crippen MR) is 179 cm³/mol. The maximum Gasteiger partial charge on any atom is 0.184 e. The van der Waals surface area contributed by atoms with Gasteiger partial charge in [-0.2, -0.15) is 0 Å². The van der Waals surface area contributed by atoms with Gasteiger partial charge in [0, 0.05) is 5.56 Å². The number of aliphatic hydroxyl groups is 3. The van der Waals surface area contributed by atoms with Gasteiger partial charge in [0.05, 0.1) is 17.1 Å². The molecule has 1 aromatic carbocycles. The van der Waals surface area contributed by atoms with Crippen molar-refractivity contribution in [3.05, 3.63) is 64.8 Å². The van der Waals surface area contributed by atoms with Crippen molar-refractivity contribution in [2.75, 3.05) is 0 Å². The molecule has 0 aromatic heterocycles. The van der Waals surface area contributed by atoms with Gasteiger partial charge in [-0.05, 0) is 116 Å². The van der Waals surface area contributed by atoms with Gasteiger partial charge in [-0.15, -0.1) is 0 Å². The summed E-state index contributed by atoms with van der Waals surface area (Å²) in [7, 11) is 0. The van der Waals surface area contributed by atoms with Gasteiger partial charge in [0.2, 0.25) is 0 Å². The molecule has 1 aromatic rings. The SMILES string of the molecule is C=C(C)[C@H](CC=C(C)C)C[C@]12C[C@@H](C[C@@H](O)C(C)(C)O)C(C)(C)[C@@](CC=C(C)C)(C(=O)/C(=C(\O)c3ccc(O)c(O)c3)C1=O)C2=O. The lowest BCUT2D eigenvalue weighted by molar-refractivity contribution is -0.180. The number of ketones is 3. The fourth-order valence-electron chi connectivity index (χ4n) is 7.26. The molecule has 5 atom stereocenters. The van der Waals surface area contributed by atoms with Crippen LogP contribution in [0.25, 0.3) is 5.76 Å². The maximum atomic E-state index is 15.2. The maximum absolute atomic E-state index is 15.2. The molecular weight excluding hydrogens is 584 g/mol. The summed E-state index contributed by atoms with van der Waals surface area (Å²) >= 11 is 0. The summed E-state index contributed by atoms with van der Waals surface area (Å²) in [4.78, 5) is 45.1. The summed E-state index contributed by atoms with van der Waals surface area (Å²) in [6.07, 6.45) is 3.14. The van der Waals surface area contributed by atoms with Gasteiger partial charge in [0.1, 0.15) is 16.7 Å². The lowest BCUT2D eigenvalue weighted by atomic mass is 9.38. The zero-order valence-electron chi connectivity index (χ0n) is 28.8. The first-order valence-electron chi connectivity index (χ1n) is 16.0. The van der Waals surface area contributed by atoms with Crippen LogP contribution in [0.3, 0.4) is 0 Å². The Hall–Kier alpha value is -3.49. The molecule has 46 heavy (non-hydrogen) atoms. The molecule has 2 bridgehead atoms. The monoisotopic (exact) mass is 636 g/mol. The number of rotatable bonds is 11. The summed E-state index contributed by atoms with van der Waals surface area (Å²) in [5.41, 5.74) is -4.07. The Morgan fingerprint density at radius 1 is 1.00 bits per heavy atom.